The van der Waals surface area contributed by atoms with E-state index in [2.05, 4.69) is 15.6 Å². The van der Waals surface area contributed by atoms with Crippen molar-refractivity contribution < 1.29 is 35.5 Å². The second-order valence-corrected chi connectivity index (χ2v) is 8.80. The van der Waals surface area contributed by atoms with Crippen LogP contribution < -0.4 is 15.4 Å². The van der Waals surface area contributed by atoms with Crippen LogP contribution in [0.4, 0.5) is 36.4 Å². The summed E-state index contributed by atoms with van der Waals surface area (Å²) in [4.78, 5) is 4.25. The number of aromatic nitrogens is 1. The van der Waals surface area contributed by atoms with E-state index in [0.29, 0.717) is 60.4 Å². The van der Waals surface area contributed by atoms with Crippen molar-refractivity contribution in [1.29, 1.82) is 0 Å². The van der Waals surface area contributed by atoms with Crippen molar-refractivity contribution in [2.75, 3.05) is 25.5 Å². The van der Waals surface area contributed by atoms with Crippen molar-refractivity contribution in [3.05, 3.63) is 89.4 Å². The Kier molecular flexibility index (Phi) is 9.86. The fraction of sp³-hybridized carbons (Fsp3) is 0.250. The molecule has 0 fully saturated rings. The van der Waals surface area contributed by atoms with Gasteiger partial charge in [0.1, 0.15) is 11.6 Å². The summed E-state index contributed by atoms with van der Waals surface area (Å²) < 4.78 is 98.4. The highest BCUT2D eigenvalue weighted by atomic mass is 35.5. The third-order valence-corrected chi connectivity index (χ3v) is 6.07. The van der Waals surface area contributed by atoms with Gasteiger partial charge in [-0.05, 0) is 72.6 Å². The van der Waals surface area contributed by atoms with Crippen molar-refractivity contribution in [2.24, 2.45) is 0 Å². The zero-order valence-corrected chi connectivity index (χ0v) is 21.9. The molecular formula is C28H25ClF7N3O. The minimum atomic E-state index is -4.93. The Morgan fingerprint density at radius 1 is 0.800 bits per heavy atom. The van der Waals surface area contributed by atoms with E-state index in [-0.39, 0.29) is 35.4 Å². The number of pyridine rings is 1. The quantitative estimate of drug-likeness (QED) is 0.153. The molecule has 0 unspecified atom stereocenters. The van der Waals surface area contributed by atoms with Gasteiger partial charge in [0.2, 0.25) is 0 Å². The summed E-state index contributed by atoms with van der Waals surface area (Å²) in [7, 11) is 1.52. The molecule has 4 rings (SSSR count). The summed E-state index contributed by atoms with van der Waals surface area (Å²) in [5.74, 6) is 0.236. The molecule has 2 N–H and O–H groups in total. The highest BCUT2D eigenvalue weighted by molar-refractivity contribution is 5.93. The van der Waals surface area contributed by atoms with Crippen LogP contribution in [-0.4, -0.2) is 25.2 Å². The third-order valence-electron chi connectivity index (χ3n) is 6.07. The maximum absolute atomic E-state index is 13.5. The van der Waals surface area contributed by atoms with Crippen LogP contribution in [0.3, 0.4) is 0 Å². The maximum Gasteiger partial charge on any atom is 0.416 e. The van der Waals surface area contributed by atoms with E-state index in [9.17, 15) is 30.7 Å². The minimum absolute atomic E-state index is 0. The van der Waals surface area contributed by atoms with E-state index in [1.54, 1.807) is 18.2 Å². The third kappa shape index (κ3) is 7.54. The lowest BCUT2D eigenvalue weighted by Crippen LogP contribution is -2.18. The Morgan fingerprint density at radius 2 is 1.50 bits per heavy atom. The molecule has 0 spiro atoms. The van der Waals surface area contributed by atoms with Gasteiger partial charge in [-0.25, -0.2) is 4.39 Å². The first kappa shape index (κ1) is 31.0. The highest BCUT2D eigenvalue weighted by Crippen LogP contribution is 2.39. The monoisotopic (exact) mass is 587 g/mol. The first-order valence-corrected chi connectivity index (χ1v) is 11.9. The largest absolute Gasteiger partial charge is 0.496 e. The molecule has 0 radical (unpaired) electrons. The predicted octanol–water partition coefficient (Wildman–Crippen LogP) is 8.10. The van der Waals surface area contributed by atoms with Crippen LogP contribution in [0.2, 0.25) is 0 Å². The number of anilines is 1. The van der Waals surface area contributed by atoms with E-state index in [1.165, 1.54) is 37.6 Å². The van der Waals surface area contributed by atoms with Crippen LogP contribution in [0.15, 0.2) is 66.9 Å². The summed E-state index contributed by atoms with van der Waals surface area (Å²) in [6.07, 6.45) is -7.64. The Bertz CT molecular complexity index is 1430. The summed E-state index contributed by atoms with van der Waals surface area (Å²) in [6, 6.07) is 12.1. The van der Waals surface area contributed by atoms with Crippen LogP contribution in [-0.2, 0) is 18.9 Å². The topological polar surface area (TPSA) is 46.2 Å². The normalized spacial score (nSPS) is 11.8. The molecule has 0 saturated carbocycles. The fourth-order valence-electron chi connectivity index (χ4n) is 4.15. The van der Waals surface area contributed by atoms with E-state index in [4.69, 9.17) is 4.74 Å². The Labute approximate surface area is 232 Å². The van der Waals surface area contributed by atoms with Gasteiger partial charge < -0.3 is 15.4 Å². The lowest BCUT2D eigenvalue weighted by atomic mass is 9.98. The molecule has 0 atom stereocenters. The van der Waals surface area contributed by atoms with Gasteiger partial charge in [-0.15, -0.1) is 12.4 Å². The molecule has 4 nitrogen and oxygen atoms in total. The number of halogens is 8. The lowest BCUT2D eigenvalue weighted by Gasteiger charge is -2.15. The summed E-state index contributed by atoms with van der Waals surface area (Å²) in [5, 5.41) is 7.17. The lowest BCUT2D eigenvalue weighted by molar-refractivity contribution is -0.143. The SMILES string of the molecule is COc1ccc(F)cc1CNCCCNc1ccnc2cc(-c3cc(C(F)(F)F)cc(C(F)(F)F)c3)ccc12.Cl. The van der Waals surface area contributed by atoms with Crippen molar-refractivity contribution in [1.82, 2.24) is 10.3 Å². The predicted molar refractivity (Wildman–Crippen MR) is 142 cm³/mol. The number of benzene rings is 3. The van der Waals surface area contributed by atoms with Gasteiger partial charge >= 0.3 is 12.4 Å². The first-order valence-electron chi connectivity index (χ1n) is 11.9. The zero-order chi connectivity index (χ0) is 28.2. The maximum atomic E-state index is 13.5. The number of methoxy groups -OCH3 is 1. The van der Waals surface area contributed by atoms with Crippen LogP contribution in [0, 0.1) is 5.82 Å². The van der Waals surface area contributed by atoms with Crippen LogP contribution in [0.5, 0.6) is 5.75 Å². The van der Waals surface area contributed by atoms with E-state index < -0.39 is 23.5 Å². The first-order chi connectivity index (χ1) is 18.5. The van der Waals surface area contributed by atoms with E-state index >= 15 is 0 Å². The van der Waals surface area contributed by atoms with E-state index in [1.807, 2.05) is 0 Å². The van der Waals surface area contributed by atoms with Gasteiger partial charge in [0.15, 0.2) is 0 Å². The zero-order valence-electron chi connectivity index (χ0n) is 21.1. The molecule has 12 heteroatoms. The molecule has 0 amide bonds. The van der Waals surface area contributed by atoms with Crippen LogP contribution in [0.25, 0.3) is 22.0 Å². The molecule has 3 aromatic carbocycles. The second kappa shape index (κ2) is 12.7. The van der Waals surface area contributed by atoms with Gasteiger partial charge in [0.25, 0.3) is 0 Å². The molecular weight excluding hydrogens is 563 g/mol. The van der Waals surface area contributed by atoms with Crippen molar-refractivity contribution in [3.8, 4) is 16.9 Å². The molecule has 0 aliphatic rings. The van der Waals surface area contributed by atoms with Crippen molar-refractivity contribution in [2.45, 2.75) is 25.3 Å². The molecule has 0 aliphatic heterocycles. The fourth-order valence-corrected chi connectivity index (χ4v) is 4.15. The number of nitrogens with one attached hydrogen (secondary N) is 2. The molecule has 0 saturated heterocycles. The molecule has 214 valence electrons. The summed E-state index contributed by atoms with van der Waals surface area (Å²) in [6.45, 7) is 1.61. The number of ether oxygens (including phenoxy) is 1. The number of rotatable bonds is 9. The van der Waals surface area contributed by atoms with E-state index in [0.717, 1.165) is 5.69 Å². The number of alkyl halides is 6. The van der Waals surface area contributed by atoms with Gasteiger partial charge in [-0.1, -0.05) is 12.1 Å². The molecule has 0 bridgehead atoms. The van der Waals surface area contributed by atoms with Crippen molar-refractivity contribution >= 4 is 29.0 Å². The van der Waals surface area contributed by atoms with Gasteiger partial charge in [0.05, 0.1) is 23.8 Å². The standard InChI is InChI=1S/C28H24F7N3O.ClH/c1-39-26-6-4-22(29)13-19(26)16-36-8-2-9-37-24-7-10-38-25-14-17(3-5-23(24)25)18-11-20(27(30,31)32)15-21(12-18)28(33,34)35;/h3-7,10-15,36H,2,8-9,16H2,1H3,(H,37,38);1H. The van der Waals surface area contributed by atoms with Gasteiger partial charge in [-0.3, -0.25) is 4.98 Å². The highest BCUT2D eigenvalue weighted by Gasteiger charge is 2.37. The smallest absolute Gasteiger partial charge is 0.416 e. The number of hydrogen-bond donors (Lipinski definition) is 2. The van der Waals surface area contributed by atoms with Gasteiger partial charge in [0, 0.05) is 35.9 Å². The molecule has 0 aliphatic carbocycles. The number of fused-ring (bicyclic) bond motifs is 1. The average Bonchev–Trinajstić information content (AvgIpc) is 2.89. The Balaban J connectivity index is 0.00000441. The number of hydrogen-bond acceptors (Lipinski definition) is 4. The molecule has 40 heavy (non-hydrogen) atoms. The average molecular weight is 588 g/mol. The molecule has 4 aromatic rings. The van der Waals surface area contributed by atoms with Gasteiger partial charge in [-0.2, -0.15) is 26.3 Å². The van der Waals surface area contributed by atoms with Crippen LogP contribution in [0.1, 0.15) is 23.1 Å². The Hall–Kier alpha value is -3.57. The summed E-state index contributed by atoms with van der Waals surface area (Å²) >= 11 is 0. The molecule has 1 heterocycles. The number of nitrogens with zero attached hydrogens (tertiary/aromatic N) is 1. The summed E-state index contributed by atoms with van der Waals surface area (Å²) in [5.41, 5.74) is -0.941. The second-order valence-electron chi connectivity index (χ2n) is 8.80. The minimum Gasteiger partial charge on any atom is -0.496 e. The Morgan fingerprint density at radius 3 is 2.15 bits per heavy atom. The van der Waals surface area contributed by atoms with Crippen molar-refractivity contribution in [3.63, 3.8) is 0 Å². The van der Waals surface area contributed by atoms with Crippen LogP contribution >= 0.6 is 12.4 Å². The molecule has 1 aromatic heterocycles.